The van der Waals surface area contributed by atoms with Gasteiger partial charge in [-0.15, -0.1) is 0 Å². The van der Waals surface area contributed by atoms with Crippen LogP contribution in [0.5, 0.6) is 0 Å². The monoisotopic (exact) mass is 378 g/mol. The van der Waals surface area contributed by atoms with Gasteiger partial charge in [-0.3, -0.25) is 9.79 Å². The molecule has 1 saturated carbocycles. The first-order valence-corrected chi connectivity index (χ1v) is 10.1. The Balaban J connectivity index is 1.42. The van der Waals surface area contributed by atoms with E-state index in [1.165, 1.54) is 18.4 Å². The smallest absolute Gasteiger partial charge is 0.251 e. The maximum atomic E-state index is 12.0. The van der Waals surface area contributed by atoms with Crippen LogP contribution in [0.1, 0.15) is 42.1 Å². The predicted octanol–water partition coefficient (Wildman–Crippen LogP) is 3.09. The molecule has 3 rings (SSSR count). The molecule has 5 nitrogen and oxygen atoms in total. The molecule has 3 N–H and O–H groups in total. The minimum Gasteiger partial charge on any atom is -0.357 e. The van der Waals surface area contributed by atoms with Gasteiger partial charge in [0.25, 0.3) is 5.91 Å². The molecule has 1 aliphatic carbocycles. The second-order valence-corrected chi connectivity index (χ2v) is 7.24. The average molecular weight is 379 g/mol. The summed E-state index contributed by atoms with van der Waals surface area (Å²) in [7, 11) is 0. The third-order valence-corrected chi connectivity index (χ3v) is 5.09. The van der Waals surface area contributed by atoms with E-state index in [0.717, 1.165) is 32.0 Å². The second-order valence-electron chi connectivity index (χ2n) is 7.24. The largest absolute Gasteiger partial charge is 0.357 e. The molecule has 5 heteroatoms. The van der Waals surface area contributed by atoms with Crippen LogP contribution >= 0.6 is 0 Å². The topological polar surface area (TPSA) is 65.5 Å². The number of amides is 1. The number of carbonyl (C=O) groups excluding carboxylic acids is 1. The normalized spacial score (nSPS) is 15.0. The summed E-state index contributed by atoms with van der Waals surface area (Å²) in [6.07, 6.45) is 3.24. The summed E-state index contributed by atoms with van der Waals surface area (Å²) >= 11 is 0. The molecular formula is C23H30N4O. The van der Waals surface area contributed by atoms with Crippen molar-refractivity contribution in [3.63, 3.8) is 0 Å². The van der Waals surface area contributed by atoms with Crippen LogP contribution in [0, 0.1) is 0 Å². The van der Waals surface area contributed by atoms with E-state index in [2.05, 4.69) is 53.2 Å². The molecule has 148 valence electrons. The fourth-order valence-corrected chi connectivity index (χ4v) is 3.24. The van der Waals surface area contributed by atoms with Crippen LogP contribution in [-0.4, -0.2) is 38.0 Å². The van der Waals surface area contributed by atoms with E-state index in [9.17, 15) is 4.79 Å². The highest BCUT2D eigenvalue weighted by Crippen LogP contribution is 2.48. The molecule has 1 amide bonds. The lowest BCUT2D eigenvalue weighted by Gasteiger charge is -2.16. The lowest BCUT2D eigenvalue weighted by atomic mass is 9.96. The molecule has 2 aromatic rings. The van der Waals surface area contributed by atoms with Gasteiger partial charge in [0.1, 0.15) is 0 Å². The molecule has 0 atom stereocenters. The van der Waals surface area contributed by atoms with Crippen LogP contribution in [-0.2, 0) is 5.41 Å². The standard InChI is InChI=1S/C23H30N4O/c1-2-24-22(27-18-23(14-15-23)20-12-7-4-8-13-20)26-17-9-16-25-21(28)19-10-5-3-6-11-19/h3-8,10-13H,2,9,14-18H2,1H3,(H,25,28)(H2,24,26,27). The van der Waals surface area contributed by atoms with Crippen molar-refractivity contribution in [1.29, 1.82) is 0 Å². The van der Waals surface area contributed by atoms with Crippen molar-refractivity contribution in [3.05, 3.63) is 71.8 Å². The van der Waals surface area contributed by atoms with Gasteiger partial charge in [-0.25, -0.2) is 0 Å². The number of aliphatic imine (C=N–C) groups is 1. The van der Waals surface area contributed by atoms with Gasteiger partial charge in [0, 0.05) is 30.6 Å². The van der Waals surface area contributed by atoms with Crippen LogP contribution in [0.2, 0.25) is 0 Å². The van der Waals surface area contributed by atoms with E-state index in [4.69, 9.17) is 4.99 Å². The van der Waals surface area contributed by atoms with Crippen molar-refractivity contribution in [3.8, 4) is 0 Å². The lowest BCUT2D eigenvalue weighted by molar-refractivity contribution is 0.0953. The summed E-state index contributed by atoms with van der Waals surface area (Å²) in [5.74, 6) is 0.818. The summed E-state index contributed by atoms with van der Waals surface area (Å²) in [6, 6.07) is 20.0. The molecule has 0 bridgehead atoms. The van der Waals surface area contributed by atoms with E-state index in [-0.39, 0.29) is 11.3 Å². The first-order chi connectivity index (χ1) is 13.7. The molecule has 28 heavy (non-hydrogen) atoms. The molecule has 2 aromatic carbocycles. The highest BCUT2D eigenvalue weighted by Gasteiger charge is 2.43. The molecular weight excluding hydrogens is 348 g/mol. The van der Waals surface area contributed by atoms with E-state index < -0.39 is 0 Å². The first kappa shape index (κ1) is 19.9. The molecule has 0 unspecified atom stereocenters. The van der Waals surface area contributed by atoms with Crippen LogP contribution < -0.4 is 16.0 Å². The predicted molar refractivity (Wildman–Crippen MR) is 115 cm³/mol. The van der Waals surface area contributed by atoms with Crippen LogP contribution in [0.4, 0.5) is 0 Å². The van der Waals surface area contributed by atoms with Crippen LogP contribution in [0.15, 0.2) is 65.7 Å². The van der Waals surface area contributed by atoms with Crippen molar-refractivity contribution < 1.29 is 4.79 Å². The Hall–Kier alpha value is -2.82. The minimum absolute atomic E-state index is 0.0280. The highest BCUT2D eigenvalue weighted by atomic mass is 16.1. The lowest BCUT2D eigenvalue weighted by Crippen LogP contribution is -2.39. The minimum atomic E-state index is -0.0280. The molecule has 0 aliphatic heterocycles. The highest BCUT2D eigenvalue weighted by molar-refractivity contribution is 5.94. The second kappa shape index (κ2) is 9.93. The number of guanidine groups is 1. The van der Waals surface area contributed by atoms with Crippen molar-refractivity contribution >= 4 is 11.9 Å². The number of carbonyl (C=O) groups is 1. The fourth-order valence-electron chi connectivity index (χ4n) is 3.24. The van der Waals surface area contributed by atoms with Crippen molar-refractivity contribution in [2.75, 3.05) is 26.2 Å². The van der Waals surface area contributed by atoms with Crippen molar-refractivity contribution in [1.82, 2.24) is 16.0 Å². The fraction of sp³-hybridized carbons (Fsp3) is 0.391. The van der Waals surface area contributed by atoms with Crippen molar-refractivity contribution in [2.45, 2.75) is 31.6 Å². The van der Waals surface area contributed by atoms with Gasteiger partial charge in [0.15, 0.2) is 5.96 Å². The SMILES string of the molecule is CCNC(=NCC1(c2ccccc2)CC1)NCCCNC(=O)c1ccccc1. The number of hydrogen-bond acceptors (Lipinski definition) is 2. The third kappa shape index (κ3) is 5.59. The van der Waals surface area contributed by atoms with Gasteiger partial charge in [0.2, 0.25) is 0 Å². The Bertz CT molecular complexity index is 770. The zero-order chi connectivity index (χ0) is 19.7. The summed E-state index contributed by atoms with van der Waals surface area (Å²) in [6.45, 7) is 5.10. The van der Waals surface area contributed by atoms with Gasteiger partial charge < -0.3 is 16.0 Å². The molecule has 0 saturated heterocycles. The first-order valence-electron chi connectivity index (χ1n) is 10.1. The summed E-state index contributed by atoms with van der Waals surface area (Å²) in [4.78, 5) is 16.8. The molecule has 0 radical (unpaired) electrons. The summed E-state index contributed by atoms with van der Waals surface area (Å²) < 4.78 is 0. The van der Waals surface area contributed by atoms with E-state index >= 15 is 0 Å². The number of rotatable bonds is 9. The quantitative estimate of drug-likeness (QED) is 0.357. The summed E-state index contributed by atoms with van der Waals surface area (Å²) in [5, 5.41) is 9.64. The zero-order valence-corrected chi connectivity index (χ0v) is 16.6. The third-order valence-electron chi connectivity index (χ3n) is 5.09. The maximum absolute atomic E-state index is 12.0. The van der Waals surface area contributed by atoms with E-state index in [0.29, 0.717) is 12.1 Å². The Morgan fingerprint density at radius 2 is 1.57 bits per heavy atom. The molecule has 1 fully saturated rings. The van der Waals surface area contributed by atoms with Gasteiger partial charge in [-0.2, -0.15) is 0 Å². The number of nitrogens with zero attached hydrogens (tertiary/aromatic N) is 1. The molecule has 1 aliphatic rings. The van der Waals surface area contributed by atoms with E-state index in [1.807, 2.05) is 30.3 Å². The molecule has 0 heterocycles. The Labute approximate surface area is 167 Å². The zero-order valence-electron chi connectivity index (χ0n) is 16.6. The van der Waals surface area contributed by atoms with Gasteiger partial charge in [-0.05, 0) is 43.9 Å². The van der Waals surface area contributed by atoms with Crippen molar-refractivity contribution in [2.24, 2.45) is 4.99 Å². The Kier molecular flexibility index (Phi) is 7.06. The van der Waals surface area contributed by atoms with Gasteiger partial charge in [-0.1, -0.05) is 48.5 Å². The number of benzene rings is 2. The number of hydrogen-bond donors (Lipinski definition) is 3. The Morgan fingerprint density at radius 3 is 2.21 bits per heavy atom. The Morgan fingerprint density at radius 1 is 0.929 bits per heavy atom. The molecule has 0 aromatic heterocycles. The van der Waals surface area contributed by atoms with E-state index in [1.54, 1.807) is 0 Å². The maximum Gasteiger partial charge on any atom is 0.251 e. The van der Waals surface area contributed by atoms with Gasteiger partial charge in [0.05, 0.1) is 6.54 Å². The van der Waals surface area contributed by atoms with Crippen LogP contribution in [0.25, 0.3) is 0 Å². The summed E-state index contributed by atoms with van der Waals surface area (Å²) in [5.41, 5.74) is 2.30. The number of nitrogens with one attached hydrogen (secondary N) is 3. The average Bonchev–Trinajstić information content (AvgIpc) is 3.54. The van der Waals surface area contributed by atoms with Gasteiger partial charge >= 0.3 is 0 Å². The molecule has 0 spiro atoms. The van der Waals surface area contributed by atoms with Crippen LogP contribution in [0.3, 0.4) is 0 Å².